The summed E-state index contributed by atoms with van der Waals surface area (Å²) in [5.41, 5.74) is 8.40. The van der Waals surface area contributed by atoms with Gasteiger partial charge in [-0.05, 0) is 24.5 Å². The fraction of sp³-hybridized carbons (Fsp3) is 0.462. The van der Waals surface area contributed by atoms with Gasteiger partial charge in [-0.1, -0.05) is 107 Å². The van der Waals surface area contributed by atoms with Gasteiger partial charge in [0.2, 0.25) is 11.6 Å². The topological polar surface area (TPSA) is 60.2 Å². The van der Waals surface area contributed by atoms with Crippen LogP contribution in [0.2, 0.25) is 0 Å². The van der Waals surface area contributed by atoms with Gasteiger partial charge < -0.3 is 5.73 Å². The zero-order chi connectivity index (χ0) is 20.9. The minimum absolute atomic E-state index is 0. The molecule has 0 unspecified atom stereocenters. The number of unbranched alkanes of at least 4 members (excludes halogenated alkanes) is 9. The Morgan fingerprint density at radius 1 is 0.700 bits per heavy atom. The van der Waals surface area contributed by atoms with Crippen molar-refractivity contribution in [2.45, 2.75) is 77.6 Å². The van der Waals surface area contributed by atoms with Crippen molar-refractivity contribution in [1.82, 2.24) is 0 Å². The number of benzene rings is 2. The van der Waals surface area contributed by atoms with E-state index >= 15 is 0 Å². The highest BCUT2D eigenvalue weighted by atomic mass is 35.5. The monoisotopic (exact) mass is 429 g/mol. The minimum atomic E-state index is -0.529. The average molecular weight is 430 g/mol. The van der Waals surface area contributed by atoms with E-state index in [9.17, 15) is 9.59 Å². The molecule has 0 radical (unpaired) electrons. The van der Waals surface area contributed by atoms with Crippen LogP contribution in [-0.4, -0.2) is 11.6 Å². The molecule has 0 heterocycles. The molecule has 2 rings (SSSR count). The maximum Gasteiger partial charge on any atom is 0.235 e. The van der Waals surface area contributed by atoms with Gasteiger partial charge >= 0.3 is 0 Å². The van der Waals surface area contributed by atoms with E-state index in [4.69, 9.17) is 5.73 Å². The fourth-order valence-electron chi connectivity index (χ4n) is 3.67. The van der Waals surface area contributed by atoms with Crippen LogP contribution in [0.25, 0.3) is 0 Å². The van der Waals surface area contributed by atoms with Gasteiger partial charge in [0.1, 0.15) is 0 Å². The van der Waals surface area contributed by atoms with Crippen LogP contribution in [0.4, 0.5) is 5.69 Å². The molecule has 0 saturated heterocycles. The average Bonchev–Trinajstić information content (AvgIpc) is 2.75. The van der Waals surface area contributed by atoms with Crippen molar-refractivity contribution in [3.63, 3.8) is 0 Å². The molecule has 0 aliphatic carbocycles. The molecule has 2 aromatic rings. The number of ketones is 2. The van der Waals surface area contributed by atoms with Crippen molar-refractivity contribution < 1.29 is 9.59 Å². The van der Waals surface area contributed by atoms with Crippen LogP contribution < -0.4 is 5.73 Å². The summed E-state index contributed by atoms with van der Waals surface area (Å²) >= 11 is 0. The Balaban J connectivity index is 0.00000450. The number of rotatable bonds is 14. The SMILES string of the molecule is CCCCCCCCCCCCc1cccc(C(=O)C(=O)c2ccccc2)c1N.Cl. The third-order valence-corrected chi connectivity index (χ3v) is 5.48. The third-order valence-electron chi connectivity index (χ3n) is 5.48. The Kier molecular flexibility index (Phi) is 12.8. The number of hydrogen-bond donors (Lipinski definition) is 1. The number of aryl methyl sites for hydroxylation is 1. The molecule has 0 saturated carbocycles. The Labute approximate surface area is 187 Å². The predicted molar refractivity (Wildman–Crippen MR) is 129 cm³/mol. The van der Waals surface area contributed by atoms with E-state index in [1.54, 1.807) is 30.3 Å². The van der Waals surface area contributed by atoms with Crippen LogP contribution in [0.15, 0.2) is 48.5 Å². The smallest absolute Gasteiger partial charge is 0.235 e. The molecule has 0 aromatic heterocycles. The second kappa shape index (κ2) is 14.8. The van der Waals surface area contributed by atoms with Gasteiger partial charge in [0, 0.05) is 16.8 Å². The van der Waals surface area contributed by atoms with E-state index in [-0.39, 0.29) is 12.4 Å². The van der Waals surface area contributed by atoms with Gasteiger partial charge in [-0.3, -0.25) is 9.59 Å². The van der Waals surface area contributed by atoms with Crippen molar-refractivity contribution >= 4 is 29.7 Å². The first-order valence-corrected chi connectivity index (χ1v) is 11.2. The highest BCUT2D eigenvalue weighted by molar-refractivity contribution is 6.50. The van der Waals surface area contributed by atoms with E-state index in [0.717, 1.165) is 18.4 Å². The molecule has 164 valence electrons. The van der Waals surface area contributed by atoms with E-state index < -0.39 is 11.6 Å². The van der Waals surface area contributed by atoms with Crippen LogP contribution in [-0.2, 0) is 6.42 Å². The molecule has 2 aromatic carbocycles. The Morgan fingerprint density at radius 2 is 1.27 bits per heavy atom. The summed E-state index contributed by atoms with van der Waals surface area (Å²) in [7, 11) is 0. The van der Waals surface area contributed by atoms with Gasteiger partial charge in [-0.15, -0.1) is 12.4 Å². The quantitative estimate of drug-likeness (QED) is 0.149. The first kappa shape index (κ1) is 25.9. The highest BCUT2D eigenvalue weighted by Crippen LogP contribution is 2.22. The van der Waals surface area contributed by atoms with Gasteiger partial charge in [0.25, 0.3) is 0 Å². The Bertz CT molecular complexity index is 774. The summed E-state index contributed by atoms with van der Waals surface area (Å²) < 4.78 is 0. The van der Waals surface area contributed by atoms with Crippen LogP contribution in [0.3, 0.4) is 0 Å². The van der Waals surface area contributed by atoms with Crippen molar-refractivity contribution in [2.75, 3.05) is 5.73 Å². The number of halogens is 1. The summed E-state index contributed by atoms with van der Waals surface area (Å²) in [4.78, 5) is 25.1. The van der Waals surface area contributed by atoms with E-state index in [1.165, 1.54) is 57.8 Å². The van der Waals surface area contributed by atoms with Gasteiger partial charge in [0.15, 0.2) is 0 Å². The lowest BCUT2D eigenvalue weighted by Crippen LogP contribution is -2.17. The molecule has 0 fully saturated rings. The van der Waals surface area contributed by atoms with Gasteiger partial charge in [-0.25, -0.2) is 0 Å². The van der Waals surface area contributed by atoms with Crippen molar-refractivity contribution in [3.05, 3.63) is 65.2 Å². The molecule has 0 spiro atoms. The lowest BCUT2D eigenvalue weighted by molar-refractivity contribution is 0.0817. The zero-order valence-corrected chi connectivity index (χ0v) is 19.0. The molecule has 0 atom stereocenters. The van der Waals surface area contributed by atoms with Crippen molar-refractivity contribution in [3.8, 4) is 0 Å². The third kappa shape index (κ3) is 8.31. The number of Topliss-reactive ketones (excluding diaryl/α,β-unsaturated/α-hetero) is 2. The molecule has 0 amide bonds. The Hall–Kier alpha value is -2.13. The van der Waals surface area contributed by atoms with E-state index in [1.807, 2.05) is 18.2 Å². The zero-order valence-electron chi connectivity index (χ0n) is 18.2. The molecule has 0 bridgehead atoms. The van der Waals surface area contributed by atoms with Crippen LogP contribution in [0.5, 0.6) is 0 Å². The lowest BCUT2D eigenvalue weighted by Gasteiger charge is -2.10. The molecule has 30 heavy (non-hydrogen) atoms. The largest absolute Gasteiger partial charge is 0.398 e. The highest BCUT2D eigenvalue weighted by Gasteiger charge is 2.21. The summed E-state index contributed by atoms with van der Waals surface area (Å²) in [6, 6.07) is 14.1. The molecule has 0 aliphatic heterocycles. The molecule has 4 heteroatoms. The molecular weight excluding hydrogens is 394 g/mol. The van der Waals surface area contributed by atoms with Gasteiger partial charge in [0.05, 0.1) is 0 Å². The predicted octanol–water partition coefficient (Wildman–Crippen LogP) is 7.22. The molecule has 3 nitrogen and oxygen atoms in total. The number of carbonyl (C=O) groups excluding carboxylic acids is 2. The number of nitrogen functional groups attached to an aromatic ring is 1. The summed E-state index contributed by atoms with van der Waals surface area (Å²) in [5.74, 6) is -1.04. The standard InChI is InChI=1S/C26H35NO2.ClH/c1-2-3-4-5-6-7-8-9-10-12-16-21-19-15-20-23(24(21)27)26(29)25(28)22-17-13-11-14-18-22;/h11,13-15,17-20H,2-10,12,16,27H2,1H3;1H. The van der Waals surface area contributed by atoms with Gasteiger partial charge in [-0.2, -0.15) is 0 Å². The summed E-state index contributed by atoms with van der Waals surface area (Å²) in [6.07, 6.45) is 13.7. The lowest BCUT2D eigenvalue weighted by atomic mass is 9.95. The maximum atomic E-state index is 12.6. The fourth-order valence-corrected chi connectivity index (χ4v) is 3.67. The molecule has 0 aliphatic rings. The maximum absolute atomic E-state index is 12.6. The van der Waals surface area contributed by atoms with E-state index in [2.05, 4.69) is 6.92 Å². The van der Waals surface area contributed by atoms with Crippen molar-refractivity contribution in [1.29, 1.82) is 0 Å². The second-order valence-corrected chi connectivity index (χ2v) is 7.83. The van der Waals surface area contributed by atoms with Crippen LogP contribution in [0, 0.1) is 0 Å². The van der Waals surface area contributed by atoms with Crippen LogP contribution >= 0.6 is 12.4 Å². The first-order chi connectivity index (χ1) is 14.1. The Morgan fingerprint density at radius 3 is 1.87 bits per heavy atom. The number of nitrogens with two attached hydrogens (primary N) is 1. The first-order valence-electron chi connectivity index (χ1n) is 11.2. The normalized spacial score (nSPS) is 10.4. The number of para-hydroxylation sites is 1. The molecule has 2 N–H and O–H groups in total. The number of carbonyl (C=O) groups is 2. The van der Waals surface area contributed by atoms with Crippen molar-refractivity contribution in [2.24, 2.45) is 0 Å². The second-order valence-electron chi connectivity index (χ2n) is 7.83. The number of hydrogen-bond acceptors (Lipinski definition) is 3. The van der Waals surface area contributed by atoms with Crippen LogP contribution in [0.1, 0.15) is 97.4 Å². The molecular formula is C26H36ClNO2. The number of anilines is 1. The summed E-state index contributed by atoms with van der Waals surface area (Å²) in [5, 5.41) is 0. The minimum Gasteiger partial charge on any atom is -0.398 e. The summed E-state index contributed by atoms with van der Waals surface area (Å²) in [6.45, 7) is 2.25. The van der Waals surface area contributed by atoms with E-state index in [0.29, 0.717) is 16.8 Å².